The van der Waals surface area contributed by atoms with Crippen molar-refractivity contribution in [3.63, 3.8) is 0 Å². The summed E-state index contributed by atoms with van der Waals surface area (Å²) in [6, 6.07) is 15.3. The van der Waals surface area contributed by atoms with E-state index in [4.69, 9.17) is 5.10 Å². The summed E-state index contributed by atoms with van der Waals surface area (Å²) in [4.78, 5) is 17.6. The number of hydrogen-bond acceptors (Lipinski definition) is 3. The predicted octanol–water partition coefficient (Wildman–Crippen LogP) is 5.81. The predicted molar refractivity (Wildman–Crippen MR) is 140 cm³/mol. The van der Waals surface area contributed by atoms with Crippen molar-refractivity contribution < 1.29 is 9.18 Å². The highest BCUT2D eigenvalue weighted by atomic mass is 19.1. The van der Waals surface area contributed by atoms with Gasteiger partial charge in [0.05, 0.1) is 23.6 Å². The van der Waals surface area contributed by atoms with Gasteiger partial charge in [0.2, 0.25) is 5.91 Å². The molecule has 1 saturated carbocycles. The zero-order valence-corrected chi connectivity index (χ0v) is 21.5. The van der Waals surface area contributed by atoms with Crippen LogP contribution in [0, 0.1) is 18.7 Å². The monoisotopic (exact) mass is 488 g/mol. The Morgan fingerprint density at radius 2 is 1.81 bits per heavy atom. The summed E-state index contributed by atoms with van der Waals surface area (Å²) in [6.45, 7) is 7.87. The molecule has 0 unspecified atom stereocenters. The lowest BCUT2D eigenvalue weighted by molar-refractivity contribution is -0.132. The van der Waals surface area contributed by atoms with Crippen LogP contribution in [0.1, 0.15) is 67.1 Å². The second-order valence-corrected chi connectivity index (χ2v) is 10.5. The lowest BCUT2D eigenvalue weighted by atomic mass is 10.0. The van der Waals surface area contributed by atoms with Crippen LogP contribution in [0.25, 0.3) is 5.69 Å². The third-order valence-electron chi connectivity index (χ3n) is 7.83. The lowest BCUT2D eigenvalue weighted by Gasteiger charge is -2.28. The van der Waals surface area contributed by atoms with E-state index in [9.17, 15) is 9.18 Å². The van der Waals surface area contributed by atoms with Crippen molar-refractivity contribution in [2.75, 3.05) is 13.1 Å². The first-order valence-electron chi connectivity index (χ1n) is 13.4. The molecule has 0 bridgehead atoms. The molecule has 0 radical (unpaired) electrons. The van der Waals surface area contributed by atoms with Crippen LogP contribution in [0.3, 0.4) is 0 Å². The Kier molecular flexibility index (Phi) is 7.51. The van der Waals surface area contributed by atoms with Crippen LogP contribution in [-0.4, -0.2) is 38.6 Å². The standard InChI is InChI=1S/C30H37FN4O/c1-3-34(30(36)18-23-6-4-5-7-23)21-28-27-20-33(19-24-10-12-25(31)13-11-24)17-16-29(27)35(32-28)26-14-8-22(2)9-15-26/h8-15,23H,3-7,16-21H2,1-2H3. The molecule has 0 saturated heterocycles. The Morgan fingerprint density at radius 3 is 2.50 bits per heavy atom. The third kappa shape index (κ3) is 5.54. The van der Waals surface area contributed by atoms with E-state index in [1.165, 1.54) is 54.6 Å². The van der Waals surface area contributed by atoms with Crippen LogP contribution >= 0.6 is 0 Å². The van der Waals surface area contributed by atoms with Gasteiger partial charge in [-0.05, 0) is 62.4 Å². The van der Waals surface area contributed by atoms with Crippen molar-refractivity contribution in [2.45, 2.75) is 72.0 Å². The van der Waals surface area contributed by atoms with E-state index in [0.29, 0.717) is 25.4 Å². The SMILES string of the molecule is CCN(Cc1nn(-c2ccc(C)cc2)c2c1CN(Cc1ccc(F)cc1)CC2)C(=O)CC1CCCC1. The van der Waals surface area contributed by atoms with Crippen LogP contribution < -0.4 is 0 Å². The van der Waals surface area contributed by atoms with Gasteiger partial charge in [-0.25, -0.2) is 9.07 Å². The Balaban J connectivity index is 1.41. The molecule has 190 valence electrons. The second kappa shape index (κ2) is 11.0. The van der Waals surface area contributed by atoms with Crippen molar-refractivity contribution in [2.24, 2.45) is 5.92 Å². The van der Waals surface area contributed by atoms with Crippen molar-refractivity contribution in [3.05, 3.63) is 82.4 Å². The first-order valence-corrected chi connectivity index (χ1v) is 13.4. The molecule has 36 heavy (non-hydrogen) atoms. The van der Waals surface area contributed by atoms with E-state index < -0.39 is 0 Å². The van der Waals surface area contributed by atoms with Crippen LogP contribution in [0.2, 0.25) is 0 Å². The molecule has 1 aromatic heterocycles. The fourth-order valence-electron chi connectivity index (χ4n) is 5.70. The van der Waals surface area contributed by atoms with Crippen LogP contribution in [-0.2, 0) is 30.8 Å². The van der Waals surface area contributed by atoms with E-state index in [0.717, 1.165) is 43.0 Å². The number of hydrogen-bond donors (Lipinski definition) is 0. The molecule has 1 aliphatic carbocycles. The van der Waals surface area contributed by atoms with Gasteiger partial charge >= 0.3 is 0 Å². The van der Waals surface area contributed by atoms with E-state index in [1.807, 2.05) is 17.0 Å². The molecular weight excluding hydrogens is 451 g/mol. The van der Waals surface area contributed by atoms with Crippen molar-refractivity contribution in [1.82, 2.24) is 19.6 Å². The zero-order chi connectivity index (χ0) is 25.1. The molecule has 1 aliphatic heterocycles. The summed E-state index contributed by atoms with van der Waals surface area (Å²) in [5.41, 5.74) is 6.86. The number of rotatable bonds is 8. The number of carbonyl (C=O) groups is 1. The molecule has 0 atom stereocenters. The number of nitrogens with zero attached hydrogens (tertiary/aromatic N) is 4. The summed E-state index contributed by atoms with van der Waals surface area (Å²) in [7, 11) is 0. The van der Waals surface area contributed by atoms with Gasteiger partial charge in [0.1, 0.15) is 5.82 Å². The van der Waals surface area contributed by atoms with Crippen LogP contribution in [0.5, 0.6) is 0 Å². The average Bonchev–Trinajstić information content (AvgIpc) is 3.52. The second-order valence-electron chi connectivity index (χ2n) is 10.5. The fraction of sp³-hybridized carbons (Fsp3) is 0.467. The Morgan fingerprint density at radius 1 is 1.08 bits per heavy atom. The fourth-order valence-corrected chi connectivity index (χ4v) is 5.70. The normalized spacial score (nSPS) is 16.3. The number of aromatic nitrogens is 2. The molecule has 2 aliphatic rings. The number of amides is 1. The van der Waals surface area contributed by atoms with Crippen molar-refractivity contribution in [1.29, 1.82) is 0 Å². The van der Waals surface area contributed by atoms with Crippen LogP contribution in [0.4, 0.5) is 4.39 Å². The van der Waals surface area contributed by atoms with Gasteiger partial charge in [0.25, 0.3) is 0 Å². The van der Waals surface area contributed by atoms with Gasteiger partial charge in [-0.3, -0.25) is 9.69 Å². The molecule has 0 N–H and O–H groups in total. The maximum atomic E-state index is 13.4. The number of fused-ring (bicyclic) bond motifs is 1. The van der Waals surface area contributed by atoms with E-state index in [-0.39, 0.29) is 11.7 Å². The minimum absolute atomic E-state index is 0.205. The molecule has 5 rings (SSSR count). The van der Waals surface area contributed by atoms with E-state index in [2.05, 4.69) is 47.7 Å². The maximum Gasteiger partial charge on any atom is 0.223 e. The first-order chi connectivity index (χ1) is 17.5. The lowest BCUT2D eigenvalue weighted by Crippen LogP contribution is -2.33. The molecule has 0 spiro atoms. The van der Waals surface area contributed by atoms with Gasteiger partial charge in [-0.2, -0.15) is 5.10 Å². The Bertz CT molecular complexity index is 1180. The summed E-state index contributed by atoms with van der Waals surface area (Å²) < 4.78 is 15.5. The van der Waals surface area contributed by atoms with Crippen molar-refractivity contribution in [3.8, 4) is 5.69 Å². The highest BCUT2D eigenvalue weighted by Crippen LogP contribution is 2.30. The third-order valence-corrected chi connectivity index (χ3v) is 7.83. The Hall–Kier alpha value is -2.99. The minimum atomic E-state index is -0.205. The minimum Gasteiger partial charge on any atom is -0.337 e. The van der Waals surface area contributed by atoms with Gasteiger partial charge in [-0.15, -0.1) is 0 Å². The van der Waals surface area contributed by atoms with Gasteiger partial charge in [0, 0.05) is 44.6 Å². The smallest absolute Gasteiger partial charge is 0.223 e. The molecular formula is C30H37FN4O. The highest BCUT2D eigenvalue weighted by molar-refractivity contribution is 5.76. The van der Waals surface area contributed by atoms with Crippen molar-refractivity contribution >= 4 is 5.91 Å². The molecule has 2 heterocycles. The van der Waals surface area contributed by atoms with Gasteiger partial charge < -0.3 is 4.90 Å². The largest absolute Gasteiger partial charge is 0.337 e. The first kappa shape index (κ1) is 24.7. The molecule has 1 fully saturated rings. The summed E-state index contributed by atoms with van der Waals surface area (Å²) >= 11 is 0. The number of carbonyl (C=O) groups excluding carboxylic acids is 1. The quantitative estimate of drug-likeness (QED) is 0.402. The molecule has 3 aromatic rings. The van der Waals surface area contributed by atoms with Gasteiger partial charge in [-0.1, -0.05) is 42.7 Å². The summed E-state index contributed by atoms with van der Waals surface area (Å²) in [5, 5.41) is 5.09. The molecule has 2 aromatic carbocycles. The van der Waals surface area contributed by atoms with Crippen LogP contribution in [0.15, 0.2) is 48.5 Å². The number of benzene rings is 2. The Labute approximate surface area is 213 Å². The summed E-state index contributed by atoms with van der Waals surface area (Å²) in [6.07, 6.45) is 6.41. The molecule has 1 amide bonds. The average molecular weight is 489 g/mol. The van der Waals surface area contributed by atoms with E-state index >= 15 is 0 Å². The maximum absolute atomic E-state index is 13.4. The van der Waals surface area contributed by atoms with Gasteiger partial charge in [0.15, 0.2) is 0 Å². The number of halogens is 1. The summed E-state index contributed by atoms with van der Waals surface area (Å²) in [5.74, 6) is 0.585. The topological polar surface area (TPSA) is 41.4 Å². The molecule has 6 heteroatoms. The number of aryl methyl sites for hydroxylation is 1. The van der Waals surface area contributed by atoms with E-state index in [1.54, 1.807) is 0 Å². The highest BCUT2D eigenvalue weighted by Gasteiger charge is 2.28. The molecule has 5 nitrogen and oxygen atoms in total. The zero-order valence-electron chi connectivity index (χ0n) is 21.5.